The number of benzene rings is 2. The predicted octanol–water partition coefficient (Wildman–Crippen LogP) is 10.2. The molecule has 0 saturated carbocycles. The summed E-state index contributed by atoms with van der Waals surface area (Å²) in [4.78, 5) is 0. The maximum Gasteiger partial charge on any atom is 0.124 e. The number of nitrogens with zero attached hydrogens (tertiary/aromatic N) is 2. The van der Waals surface area contributed by atoms with Crippen LogP contribution in [-0.4, -0.2) is 33.1 Å². The first-order chi connectivity index (χ1) is 20.0. The highest BCUT2D eigenvalue weighted by atomic mass is 16.4. The Morgan fingerprint density at radius 1 is 0.488 bits per heavy atom. The molecule has 2 aromatic carbocycles. The van der Waals surface area contributed by atoms with E-state index in [2.05, 4.69) is 24.2 Å². The van der Waals surface area contributed by atoms with E-state index in [9.17, 15) is 10.2 Å². The summed E-state index contributed by atoms with van der Waals surface area (Å²) in [5.74, 6) is 0.311. The Bertz CT molecular complexity index is 975. The van der Waals surface area contributed by atoms with Gasteiger partial charge in [0.15, 0.2) is 0 Å². The van der Waals surface area contributed by atoms with Gasteiger partial charge in [0, 0.05) is 11.1 Å². The Labute approximate surface area is 249 Å². The first-order valence-corrected chi connectivity index (χ1v) is 16.0. The molecule has 0 saturated heterocycles. The van der Waals surface area contributed by atoms with Crippen molar-refractivity contribution in [3.8, 4) is 11.5 Å². The molecule has 6 heteroatoms. The topological polar surface area (TPSA) is 106 Å². The van der Waals surface area contributed by atoms with Crippen molar-refractivity contribution in [1.82, 2.24) is 0 Å². The molecule has 0 atom stereocenters. The zero-order chi connectivity index (χ0) is 30.0. The fraction of sp³-hybridized carbons (Fsp3) is 0.600. The second-order valence-electron chi connectivity index (χ2n) is 11.1. The van der Waals surface area contributed by atoms with Gasteiger partial charge in [-0.05, 0) is 61.1 Å². The summed E-state index contributed by atoms with van der Waals surface area (Å²) in [6.45, 7) is 4.49. The molecule has 0 unspecified atom stereocenters. The largest absolute Gasteiger partial charge is 0.507 e. The lowest BCUT2D eigenvalue weighted by Gasteiger charge is -2.05. The van der Waals surface area contributed by atoms with Crippen LogP contribution in [0.3, 0.4) is 0 Å². The van der Waals surface area contributed by atoms with Crippen molar-refractivity contribution in [1.29, 1.82) is 0 Å². The lowest BCUT2D eigenvalue weighted by molar-refractivity contribution is 0.321. The highest BCUT2D eigenvalue weighted by Crippen LogP contribution is 2.20. The normalized spacial score (nSPS) is 11.3. The summed E-state index contributed by atoms with van der Waals surface area (Å²) >= 11 is 0. The lowest BCUT2D eigenvalue weighted by atomic mass is 10.0. The van der Waals surface area contributed by atoms with Gasteiger partial charge in [-0.3, -0.25) is 0 Å². The van der Waals surface area contributed by atoms with Crippen LogP contribution in [0.1, 0.15) is 145 Å². The number of unbranched alkanes of at least 4 members (excludes halogenated alkanes) is 15. The molecule has 0 amide bonds. The van der Waals surface area contributed by atoms with Gasteiger partial charge in [-0.1, -0.05) is 133 Å². The van der Waals surface area contributed by atoms with Crippen LogP contribution in [-0.2, 0) is 12.8 Å². The van der Waals surface area contributed by atoms with Crippen LogP contribution >= 0.6 is 0 Å². The van der Waals surface area contributed by atoms with E-state index >= 15 is 0 Å². The zero-order valence-electron chi connectivity index (χ0n) is 25.7. The molecule has 6 nitrogen and oxygen atoms in total. The Kier molecular flexibility index (Phi) is 21.7. The highest BCUT2D eigenvalue weighted by molar-refractivity contribution is 5.83. The summed E-state index contributed by atoms with van der Waals surface area (Å²) in [5.41, 5.74) is 3.52. The molecule has 0 bridgehead atoms. The van der Waals surface area contributed by atoms with Crippen molar-refractivity contribution >= 4 is 12.4 Å². The molecule has 2 rings (SSSR count). The van der Waals surface area contributed by atoms with E-state index in [1.165, 1.54) is 133 Å². The second kappa shape index (κ2) is 24.8. The smallest absolute Gasteiger partial charge is 0.124 e. The molecule has 0 aliphatic carbocycles. The molecule has 2 aromatic rings. The van der Waals surface area contributed by atoms with Crippen molar-refractivity contribution in [2.45, 2.75) is 136 Å². The van der Waals surface area contributed by atoms with Gasteiger partial charge in [0.05, 0.1) is 12.4 Å². The summed E-state index contributed by atoms with van der Waals surface area (Å²) in [6, 6.07) is 11.0. The average Bonchev–Trinajstić information content (AvgIpc) is 2.97. The standard InChI is InChI=1S/C19H31NO2.C16H25NO2/c1-2-3-4-5-6-7-8-9-10-11-12-17-13-14-19(21)18(15-17)16-20-22;1-2-3-4-5-6-7-8-9-14-10-11-16(18)15(12-14)13-17-19/h13-16,21-22H,2-12H2,1H3;10-13,18-19H,2-9H2,1H3. The van der Waals surface area contributed by atoms with Crippen molar-refractivity contribution < 1.29 is 20.6 Å². The summed E-state index contributed by atoms with van der Waals surface area (Å²) in [5, 5.41) is 42.2. The molecule has 230 valence electrons. The lowest BCUT2D eigenvalue weighted by Crippen LogP contribution is -1.90. The van der Waals surface area contributed by atoms with Crippen LogP contribution in [0.2, 0.25) is 0 Å². The van der Waals surface area contributed by atoms with Crippen LogP contribution in [0.5, 0.6) is 11.5 Å². The number of hydrogen-bond acceptors (Lipinski definition) is 6. The van der Waals surface area contributed by atoms with Crippen molar-refractivity contribution in [2.75, 3.05) is 0 Å². The summed E-state index contributed by atoms with van der Waals surface area (Å²) < 4.78 is 0. The second-order valence-corrected chi connectivity index (χ2v) is 11.1. The number of phenolic OH excluding ortho intramolecular Hbond substituents is 2. The first-order valence-electron chi connectivity index (χ1n) is 16.0. The van der Waals surface area contributed by atoms with Crippen molar-refractivity contribution in [2.24, 2.45) is 10.3 Å². The summed E-state index contributed by atoms with van der Waals surface area (Å²) in [7, 11) is 0. The van der Waals surface area contributed by atoms with Crippen molar-refractivity contribution in [3.05, 3.63) is 58.7 Å². The Morgan fingerprint density at radius 3 is 1.12 bits per heavy atom. The van der Waals surface area contributed by atoms with Crippen LogP contribution in [0.15, 0.2) is 46.7 Å². The van der Waals surface area contributed by atoms with Crippen LogP contribution in [0.25, 0.3) is 0 Å². The third-order valence-electron chi connectivity index (χ3n) is 7.47. The predicted molar refractivity (Wildman–Crippen MR) is 172 cm³/mol. The van der Waals surface area contributed by atoms with Crippen molar-refractivity contribution in [3.63, 3.8) is 0 Å². The Morgan fingerprint density at radius 2 is 0.805 bits per heavy atom. The average molecular weight is 569 g/mol. The molecule has 0 fully saturated rings. The van der Waals surface area contributed by atoms with Gasteiger partial charge in [0.2, 0.25) is 0 Å². The van der Waals surface area contributed by atoms with E-state index in [0.29, 0.717) is 11.1 Å². The van der Waals surface area contributed by atoms with E-state index < -0.39 is 0 Å². The monoisotopic (exact) mass is 568 g/mol. The number of aryl methyl sites for hydroxylation is 2. The number of oxime groups is 2. The number of rotatable bonds is 21. The Hall–Kier alpha value is -3.02. The fourth-order valence-electron chi connectivity index (χ4n) is 4.95. The maximum atomic E-state index is 9.61. The maximum absolute atomic E-state index is 9.61. The molecular weight excluding hydrogens is 512 g/mol. The zero-order valence-corrected chi connectivity index (χ0v) is 25.7. The number of phenols is 2. The third-order valence-corrected chi connectivity index (χ3v) is 7.47. The summed E-state index contributed by atoms with van der Waals surface area (Å²) in [6.07, 6.45) is 27.0. The van der Waals surface area contributed by atoms with Gasteiger partial charge in [0.25, 0.3) is 0 Å². The van der Waals surface area contributed by atoms with Gasteiger partial charge < -0.3 is 20.6 Å². The Balaban J connectivity index is 0.000000414. The van der Waals surface area contributed by atoms with E-state index in [1.54, 1.807) is 12.1 Å². The van der Waals surface area contributed by atoms with Gasteiger partial charge >= 0.3 is 0 Å². The van der Waals surface area contributed by atoms with Gasteiger partial charge in [-0.25, -0.2) is 0 Å². The molecular formula is C35H56N2O4. The molecule has 4 N–H and O–H groups in total. The minimum absolute atomic E-state index is 0.154. The fourth-order valence-corrected chi connectivity index (χ4v) is 4.95. The van der Waals surface area contributed by atoms with Crippen LogP contribution in [0.4, 0.5) is 0 Å². The van der Waals surface area contributed by atoms with Gasteiger partial charge in [-0.15, -0.1) is 0 Å². The molecule has 41 heavy (non-hydrogen) atoms. The first kappa shape index (κ1) is 36.0. The highest BCUT2D eigenvalue weighted by Gasteiger charge is 2.02. The van der Waals surface area contributed by atoms with Crippen LogP contribution in [0, 0.1) is 0 Å². The molecule has 0 radical (unpaired) electrons. The van der Waals surface area contributed by atoms with E-state index in [1.807, 2.05) is 24.3 Å². The van der Waals surface area contributed by atoms with Gasteiger partial charge in [-0.2, -0.15) is 0 Å². The minimum Gasteiger partial charge on any atom is -0.507 e. The molecule has 0 aromatic heterocycles. The van der Waals surface area contributed by atoms with E-state index in [0.717, 1.165) is 12.8 Å². The quantitative estimate of drug-likeness (QED) is 0.0520. The third kappa shape index (κ3) is 18.1. The van der Waals surface area contributed by atoms with E-state index in [4.69, 9.17) is 10.4 Å². The van der Waals surface area contributed by atoms with Gasteiger partial charge in [0.1, 0.15) is 11.5 Å². The molecule has 0 heterocycles. The molecule has 0 aliphatic rings. The van der Waals surface area contributed by atoms with Crippen LogP contribution < -0.4 is 0 Å². The number of aromatic hydroxyl groups is 2. The number of hydrogen-bond donors (Lipinski definition) is 4. The SMILES string of the molecule is CCCCCCCCCCCCc1ccc(O)c(C=NO)c1.CCCCCCCCCc1ccc(O)c(C=NO)c1. The minimum atomic E-state index is 0.154. The van der Waals surface area contributed by atoms with E-state index in [-0.39, 0.29) is 11.5 Å². The molecule has 0 aliphatic heterocycles. The molecule has 0 spiro atoms.